The third kappa shape index (κ3) is 5.68. The van der Waals surface area contributed by atoms with Gasteiger partial charge in [-0.3, -0.25) is 9.59 Å². The van der Waals surface area contributed by atoms with E-state index in [1.165, 1.54) is 0 Å². The number of aryl methyl sites for hydroxylation is 1. The number of carbonyl (C=O) groups is 2. The van der Waals surface area contributed by atoms with Crippen LogP contribution in [0.5, 0.6) is 0 Å². The zero-order chi connectivity index (χ0) is 18.9. The van der Waals surface area contributed by atoms with E-state index in [0.29, 0.717) is 24.4 Å². The van der Waals surface area contributed by atoms with Gasteiger partial charge in [0.1, 0.15) is 0 Å². The molecule has 0 saturated heterocycles. The van der Waals surface area contributed by atoms with Crippen molar-refractivity contribution in [1.82, 2.24) is 20.3 Å². The molecule has 2 rings (SSSR count). The minimum Gasteiger partial charge on any atom is -0.481 e. The van der Waals surface area contributed by atoms with Crippen LogP contribution in [0.4, 0.5) is 0 Å². The van der Waals surface area contributed by atoms with Crippen LogP contribution in [0.2, 0.25) is 0 Å². The molecule has 1 aromatic carbocycles. The maximum Gasteiger partial charge on any atom is 0.303 e. The Labute approximate surface area is 153 Å². The number of unbranched alkanes of at least 4 members (excludes halogenated alkanes) is 4. The third-order valence-corrected chi connectivity index (χ3v) is 4.21. The van der Waals surface area contributed by atoms with E-state index in [0.717, 1.165) is 36.9 Å². The van der Waals surface area contributed by atoms with Crippen LogP contribution >= 0.6 is 0 Å². The number of hydrogen-bond acceptors (Lipinski definition) is 4. The van der Waals surface area contributed by atoms with Gasteiger partial charge in [0.2, 0.25) is 0 Å². The van der Waals surface area contributed by atoms with E-state index in [1.807, 2.05) is 38.1 Å². The van der Waals surface area contributed by atoms with Crippen molar-refractivity contribution in [3.05, 3.63) is 41.2 Å². The number of carboxylic acids is 1. The summed E-state index contributed by atoms with van der Waals surface area (Å²) >= 11 is 0. The van der Waals surface area contributed by atoms with Gasteiger partial charge in [0.15, 0.2) is 5.69 Å². The van der Waals surface area contributed by atoms with E-state index in [4.69, 9.17) is 5.11 Å². The lowest BCUT2D eigenvalue weighted by atomic mass is 10.1. The number of carboxylic acid groups (broad SMARTS) is 1. The molecule has 0 spiro atoms. The minimum atomic E-state index is -0.744. The van der Waals surface area contributed by atoms with Crippen LogP contribution in [0.1, 0.15) is 60.3 Å². The largest absolute Gasteiger partial charge is 0.481 e. The summed E-state index contributed by atoms with van der Waals surface area (Å²) in [5, 5.41) is 19.6. The third-order valence-electron chi connectivity index (χ3n) is 4.21. The van der Waals surface area contributed by atoms with E-state index < -0.39 is 5.97 Å². The predicted molar refractivity (Wildman–Crippen MR) is 98.5 cm³/mol. The molecule has 0 atom stereocenters. The quantitative estimate of drug-likeness (QED) is 0.636. The summed E-state index contributed by atoms with van der Waals surface area (Å²) in [7, 11) is 0. The summed E-state index contributed by atoms with van der Waals surface area (Å²) in [5.41, 5.74) is 3.05. The number of aliphatic carboxylic acids is 1. The van der Waals surface area contributed by atoms with Crippen molar-refractivity contribution in [2.45, 2.75) is 52.4 Å². The summed E-state index contributed by atoms with van der Waals surface area (Å²) in [6.07, 6.45) is 4.66. The van der Waals surface area contributed by atoms with Crippen molar-refractivity contribution in [3.63, 3.8) is 0 Å². The summed E-state index contributed by atoms with van der Waals surface area (Å²) < 4.78 is 1.67. The number of rotatable bonds is 10. The Balaban J connectivity index is 1.77. The highest BCUT2D eigenvalue weighted by Crippen LogP contribution is 2.13. The highest BCUT2D eigenvalue weighted by atomic mass is 16.4. The van der Waals surface area contributed by atoms with E-state index >= 15 is 0 Å². The van der Waals surface area contributed by atoms with Crippen LogP contribution in [-0.4, -0.2) is 38.5 Å². The molecule has 7 nitrogen and oxygen atoms in total. The summed E-state index contributed by atoms with van der Waals surface area (Å²) in [4.78, 5) is 22.7. The highest BCUT2D eigenvalue weighted by molar-refractivity contribution is 5.93. The lowest BCUT2D eigenvalue weighted by molar-refractivity contribution is -0.137. The first-order chi connectivity index (χ1) is 12.5. The van der Waals surface area contributed by atoms with E-state index in [1.54, 1.807) is 4.68 Å². The second-order valence-corrected chi connectivity index (χ2v) is 6.44. The van der Waals surface area contributed by atoms with Gasteiger partial charge in [0.25, 0.3) is 5.91 Å². The Morgan fingerprint density at radius 1 is 1.12 bits per heavy atom. The van der Waals surface area contributed by atoms with Gasteiger partial charge in [-0.25, -0.2) is 4.68 Å². The van der Waals surface area contributed by atoms with Gasteiger partial charge < -0.3 is 10.4 Å². The molecule has 1 amide bonds. The van der Waals surface area contributed by atoms with Crippen LogP contribution in [-0.2, 0) is 4.79 Å². The lowest BCUT2D eigenvalue weighted by Crippen LogP contribution is -2.25. The first-order valence-electron chi connectivity index (χ1n) is 8.98. The summed E-state index contributed by atoms with van der Waals surface area (Å²) in [6.45, 7) is 4.42. The van der Waals surface area contributed by atoms with Gasteiger partial charge in [-0.2, -0.15) is 0 Å². The van der Waals surface area contributed by atoms with Crippen molar-refractivity contribution < 1.29 is 14.7 Å². The molecule has 2 N–H and O–H groups in total. The fraction of sp³-hybridized carbons (Fsp3) is 0.474. The number of amides is 1. The second-order valence-electron chi connectivity index (χ2n) is 6.44. The fourth-order valence-corrected chi connectivity index (χ4v) is 2.76. The number of benzene rings is 1. The molecule has 0 aliphatic rings. The molecular weight excluding hydrogens is 332 g/mol. The van der Waals surface area contributed by atoms with Crippen molar-refractivity contribution in [3.8, 4) is 5.69 Å². The highest BCUT2D eigenvalue weighted by Gasteiger charge is 2.16. The van der Waals surface area contributed by atoms with E-state index in [-0.39, 0.29) is 12.3 Å². The molecular formula is C19H26N4O3. The zero-order valence-electron chi connectivity index (χ0n) is 15.4. The maximum atomic E-state index is 12.3. The molecule has 0 radical (unpaired) electrons. The molecule has 0 fully saturated rings. The normalized spacial score (nSPS) is 10.7. The van der Waals surface area contributed by atoms with Crippen LogP contribution in [0.25, 0.3) is 5.69 Å². The Morgan fingerprint density at radius 3 is 2.58 bits per heavy atom. The Morgan fingerprint density at radius 2 is 1.85 bits per heavy atom. The monoisotopic (exact) mass is 358 g/mol. The molecule has 0 bridgehead atoms. The minimum absolute atomic E-state index is 0.215. The molecule has 26 heavy (non-hydrogen) atoms. The Hall–Kier alpha value is -2.70. The molecule has 2 aromatic rings. The number of hydrogen-bond donors (Lipinski definition) is 2. The number of nitrogens with one attached hydrogen (secondary N) is 1. The SMILES string of the molecule is Cc1cccc(-n2nnc(C(=O)NCCCCCCCC(=O)O)c2C)c1. The Kier molecular flexibility index (Phi) is 7.32. The smallest absolute Gasteiger partial charge is 0.303 e. The fourth-order valence-electron chi connectivity index (χ4n) is 2.76. The first kappa shape index (κ1) is 19.6. The molecule has 1 heterocycles. The van der Waals surface area contributed by atoms with Crippen LogP contribution in [0.3, 0.4) is 0 Å². The molecule has 0 aliphatic heterocycles. The van der Waals surface area contributed by atoms with E-state index in [9.17, 15) is 9.59 Å². The van der Waals surface area contributed by atoms with Gasteiger partial charge in [-0.1, -0.05) is 36.6 Å². The van der Waals surface area contributed by atoms with Crippen LogP contribution in [0, 0.1) is 13.8 Å². The van der Waals surface area contributed by atoms with Crippen molar-refractivity contribution in [1.29, 1.82) is 0 Å². The topological polar surface area (TPSA) is 97.1 Å². The van der Waals surface area contributed by atoms with Gasteiger partial charge >= 0.3 is 5.97 Å². The number of aromatic nitrogens is 3. The van der Waals surface area contributed by atoms with Crippen molar-refractivity contribution in [2.24, 2.45) is 0 Å². The molecule has 7 heteroatoms. The average molecular weight is 358 g/mol. The molecule has 0 saturated carbocycles. The van der Waals surface area contributed by atoms with Gasteiger partial charge in [0, 0.05) is 13.0 Å². The summed E-state index contributed by atoms with van der Waals surface area (Å²) in [6, 6.07) is 7.88. The van der Waals surface area contributed by atoms with Gasteiger partial charge in [-0.15, -0.1) is 5.10 Å². The van der Waals surface area contributed by atoms with Gasteiger partial charge in [0.05, 0.1) is 11.4 Å². The molecule has 0 unspecified atom stereocenters. The zero-order valence-corrected chi connectivity index (χ0v) is 15.4. The average Bonchev–Trinajstić information content (AvgIpc) is 2.98. The summed E-state index contributed by atoms with van der Waals surface area (Å²) in [5.74, 6) is -0.960. The molecule has 1 aromatic heterocycles. The van der Waals surface area contributed by atoms with Crippen LogP contribution < -0.4 is 5.32 Å². The molecule has 0 aliphatic carbocycles. The van der Waals surface area contributed by atoms with E-state index in [2.05, 4.69) is 15.6 Å². The molecule has 140 valence electrons. The second kappa shape index (κ2) is 9.70. The van der Waals surface area contributed by atoms with Crippen molar-refractivity contribution in [2.75, 3.05) is 6.54 Å². The number of nitrogens with zero attached hydrogens (tertiary/aromatic N) is 3. The number of carbonyl (C=O) groups excluding carboxylic acids is 1. The Bertz CT molecular complexity index is 755. The van der Waals surface area contributed by atoms with Gasteiger partial charge in [-0.05, 0) is 44.4 Å². The van der Waals surface area contributed by atoms with Crippen molar-refractivity contribution >= 4 is 11.9 Å². The maximum absolute atomic E-state index is 12.3. The predicted octanol–water partition coefficient (Wildman–Crippen LogP) is 3.04. The lowest BCUT2D eigenvalue weighted by Gasteiger charge is -2.06. The first-order valence-corrected chi connectivity index (χ1v) is 8.98. The van der Waals surface area contributed by atoms with Crippen LogP contribution in [0.15, 0.2) is 24.3 Å². The standard InChI is InChI=1S/C19H26N4O3/c1-14-9-8-10-16(13-14)23-15(2)18(21-22-23)19(26)20-12-7-5-3-4-6-11-17(24)25/h8-10,13H,3-7,11-12H2,1-2H3,(H,20,26)(H,24,25).